The SMILES string of the molecule is CNCC1CCN(C(=O)c2ccc(C)c(I)c2)C1. The summed E-state index contributed by atoms with van der Waals surface area (Å²) in [7, 11) is 1.97. The Morgan fingerprint density at radius 3 is 3.00 bits per heavy atom. The zero-order valence-electron chi connectivity index (χ0n) is 10.9. The van der Waals surface area contributed by atoms with Crippen molar-refractivity contribution in [1.29, 1.82) is 0 Å². The molecule has 1 aromatic rings. The van der Waals surface area contributed by atoms with E-state index in [0.717, 1.165) is 35.2 Å². The average molecular weight is 358 g/mol. The normalized spacial score (nSPS) is 19.3. The summed E-state index contributed by atoms with van der Waals surface area (Å²) in [6, 6.07) is 5.95. The molecule has 0 radical (unpaired) electrons. The number of aryl methyl sites for hydroxylation is 1. The van der Waals surface area contributed by atoms with Crippen LogP contribution in [0.5, 0.6) is 0 Å². The van der Waals surface area contributed by atoms with Gasteiger partial charge in [-0.1, -0.05) is 6.07 Å². The van der Waals surface area contributed by atoms with E-state index < -0.39 is 0 Å². The summed E-state index contributed by atoms with van der Waals surface area (Å²) >= 11 is 2.28. The van der Waals surface area contributed by atoms with Crippen molar-refractivity contribution < 1.29 is 4.79 Å². The van der Waals surface area contributed by atoms with Crippen LogP contribution in [0, 0.1) is 16.4 Å². The highest BCUT2D eigenvalue weighted by Crippen LogP contribution is 2.20. The Bertz CT molecular complexity index is 447. The Hall–Kier alpha value is -0.620. The molecule has 1 aliphatic heterocycles. The molecule has 1 unspecified atom stereocenters. The molecule has 0 bridgehead atoms. The largest absolute Gasteiger partial charge is 0.338 e. The molecule has 1 heterocycles. The van der Waals surface area contributed by atoms with E-state index in [9.17, 15) is 4.79 Å². The third-order valence-electron chi connectivity index (χ3n) is 3.48. The Balaban J connectivity index is 2.05. The Labute approximate surface area is 122 Å². The van der Waals surface area contributed by atoms with Gasteiger partial charge >= 0.3 is 0 Å². The molecule has 1 saturated heterocycles. The van der Waals surface area contributed by atoms with E-state index in [0.29, 0.717) is 5.92 Å². The predicted molar refractivity (Wildman–Crippen MR) is 81.8 cm³/mol. The zero-order chi connectivity index (χ0) is 13.1. The van der Waals surface area contributed by atoms with Gasteiger partial charge < -0.3 is 10.2 Å². The Kier molecular flexibility index (Phi) is 4.61. The van der Waals surface area contributed by atoms with Crippen molar-refractivity contribution in [2.45, 2.75) is 13.3 Å². The van der Waals surface area contributed by atoms with Crippen LogP contribution in [-0.2, 0) is 0 Å². The zero-order valence-corrected chi connectivity index (χ0v) is 13.0. The number of likely N-dealkylation sites (tertiary alicyclic amines) is 1. The minimum atomic E-state index is 0.173. The van der Waals surface area contributed by atoms with E-state index >= 15 is 0 Å². The molecular formula is C14H19IN2O. The number of nitrogens with one attached hydrogen (secondary N) is 1. The number of nitrogens with zero attached hydrogens (tertiary/aromatic N) is 1. The number of hydrogen-bond acceptors (Lipinski definition) is 2. The molecular weight excluding hydrogens is 339 g/mol. The van der Waals surface area contributed by atoms with Gasteiger partial charge in [-0.05, 0) is 73.1 Å². The van der Waals surface area contributed by atoms with E-state index in [1.165, 1.54) is 5.56 Å². The first-order chi connectivity index (χ1) is 8.61. The second-order valence-corrected chi connectivity index (χ2v) is 6.09. The first kappa shape index (κ1) is 13.8. The van der Waals surface area contributed by atoms with Gasteiger partial charge in [0, 0.05) is 22.2 Å². The fourth-order valence-corrected chi connectivity index (χ4v) is 2.90. The third kappa shape index (κ3) is 3.03. The molecule has 1 aliphatic rings. The molecule has 1 N–H and O–H groups in total. The number of carbonyl (C=O) groups is 1. The van der Waals surface area contributed by atoms with Crippen LogP contribution in [0.4, 0.5) is 0 Å². The van der Waals surface area contributed by atoms with Crippen LogP contribution in [-0.4, -0.2) is 37.5 Å². The number of rotatable bonds is 3. The van der Waals surface area contributed by atoms with Crippen molar-refractivity contribution >= 4 is 28.5 Å². The maximum absolute atomic E-state index is 12.4. The monoisotopic (exact) mass is 358 g/mol. The summed E-state index contributed by atoms with van der Waals surface area (Å²) in [5, 5.41) is 3.19. The van der Waals surface area contributed by atoms with Gasteiger partial charge in [-0.3, -0.25) is 4.79 Å². The molecule has 0 aromatic heterocycles. The van der Waals surface area contributed by atoms with Crippen molar-refractivity contribution in [3.05, 3.63) is 32.9 Å². The molecule has 98 valence electrons. The summed E-state index contributed by atoms with van der Waals surface area (Å²) in [5.74, 6) is 0.773. The molecule has 0 aliphatic carbocycles. The minimum Gasteiger partial charge on any atom is -0.338 e. The standard InChI is InChI=1S/C14H19IN2O/c1-10-3-4-12(7-13(10)15)14(18)17-6-5-11(9-17)8-16-2/h3-4,7,11,16H,5-6,8-9H2,1-2H3. The summed E-state index contributed by atoms with van der Waals surface area (Å²) in [6.45, 7) is 4.82. The molecule has 3 nitrogen and oxygen atoms in total. The maximum Gasteiger partial charge on any atom is 0.253 e. The molecule has 0 saturated carbocycles. The fraction of sp³-hybridized carbons (Fsp3) is 0.500. The molecule has 1 aromatic carbocycles. The van der Waals surface area contributed by atoms with E-state index in [4.69, 9.17) is 0 Å². The van der Waals surface area contributed by atoms with E-state index in [-0.39, 0.29) is 5.91 Å². The van der Waals surface area contributed by atoms with Gasteiger partial charge in [0.2, 0.25) is 0 Å². The van der Waals surface area contributed by atoms with E-state index in [1.807, 2.05) is 30.1 Å². The van der Waals surface area contributed by atoms with Gasteiger partial charge in [0.1, 0.15) is 0 Å². The summed E-state index contributed by atoms with van der Waals surface area (Å²) in [5.41, 5.74) is 2.04. The van der Waals surface area contributed by atoms with Crippen molar-refractivity contribution in [3.63, 3.8) is 0 Å². The van der Waals surface area contributed by atoms with E-state index in [1.54, 1.807) is 0 Å². The molecule has 1 amide bonds. The second-order valence-electron chi connectivity index (χ2n) is 4.93. The highest BCUT2D eigenvalue weighted by atomic mass is 127. The van der Waals surface area contributed by atoms with Crippen LogP contribution in [0.2, 0.25) is 0 Å². The van der Waals surface area contributed by atoms with Crippen molar-refractivity contribution in [2.75, 3.05) is 26.7 Å². The molecule has 2 rings (SSSR count). The first-order valence-corrected chi connectivity index (χ1v) is 7.39. The van der Waals surface area contributed by atoms with Crippen LogP contribution in [0.15, 0.2) is 18.2 Å². The Morgan fingerprint density at radius 1 is 1.56 bits per heavy atom. The van der Waals surface area contributed by atoms with Crippen LogP contribution in [0.3, 0.4) is 0 Å². The van der Waals surface area contributed by atoms with Gasteiger partial charge in [0.15, 0.2) is 0 Å². The van der Waals surface area contributed by atoms with Gasteiger partial charge in [-0.2, -0.15) is 0 Å². The lowest BCUT2D eigenvalue weighted by Crippen LogP contribution is -2.30. The predicted octanol–water partition coefficient (Wildman–Crippen LogP) is 2.28. The highest BCUT2D eigenvalue weighted by molar-refractivity contribution is 14.1. The second kappa shape index (κ2) is 6.02. The van der Waals surface area contributed by atoms with Crippen molar-refractivity contribution in [1.82, 2.24) is 10.2 Å². The topological polar surface area (TPSA) is 32.3 Å². The summed E-state index contributed by atoms with van der Waals surface area (Å²) in [6.07, 6.45) is 1.11. The smallest absolute Gasteiger partial charge is 0.253 e. The number of halogens is 1. The summed E-state index contributed by atoms with van der Waals surface area (Å²) < 4.78 is 1.16. The van der Waals surface area contributed by atoms with Crippen LogP contribution >= 0.6 is 22.6 Å². The minimum absolute atomic E-state index is 0.173. The van der Waals surface area contributed by atoms with Crippen molar-refractivity contribution in [2.24, 2.45) is 5.92 Å². The quantitative estimate of drug-likeness (QED) is 0.841. The number of carbonyl (C=O) groups excluding carboxylic acids is 1. The lowest BCUT2D eigenvalue weighted by molar-refractivity contribution is 0.0787. The highest BCUT2D eigenvalue weighted by Gasteiger charge is 2.26. The molecule has 18 heavy (non-hydrogen) atoms. The lowest BCUT2D eigenvalue weighted by atomic mass is 10.1. The van der Waals surface area contributed by atoms with Gasteiger partial charge in [0.05, 0.1) is 0 Å². The number of benzene rings is 1. The van der Waals surface area contributed by atoms with E-state index in [2.05, 4.69) is 34.8 Å². The van der Waals surface area contributed by atoms with Crippen LogP contribution in [0.1, 0.15) is 22.3 Å². The van der Waals surface area contributed by atoms with Crippen molar-refractivity contribution in [3.8, 4) is 0 Å². The van der Waals surface area contributed by atoms with Crippen LogP contribution < -0.4 is 5.32 Å². The third-order valence-corrected chi connectivity index (χ3v) is 4.65. The lowest BCUT2D eigenvalue weighted by Gasteiger charge is -2.17. The maximum atomic E-state index is 12.4. The number of hydrogen-bond donors (Lipinski definition) is 1. The number of amides is 1. The van der Waals surface area contributed by atoms with Gasteiger partial charge in [-0.25, -0.2) is 0 Å². The van der Waals surface area contributed by atoms with Gasteiger partial charge in [0.25, 0.3) is 5.91 Å². The first-order valence-electron chi connectivity index (χ1n) is 6.32. The molecule has 1 atom stereocenters. The molecule has 1 fully saturated rings. The van der Waals surface area contributed by atoms with Crippen LogP contribution in [0.25, 0.3) is 0 Å². The summed E-state index contributed by atoms with van der Waals surface area (Å²) in [4.78, 5) is 14.3. The van der Waals surface area contributed by atoms with Gasteiger partial charge in [-0.15, -0.1) is 0 Å². The fourth-order valence-electron chi connectivity index (χ4n) is 2.38. The Morgan fingerprint density at radius 2 is 2.33 bits per heavy atom. The molecule has 4 heteroatoms. The average Bonchev–Trinajstić information content (AvgIpc) is 2.81. The molecule has 0 spiro atoms.